The second kappa shape index (κ2) is 8.22. The number of aromatic amines is 1. The predicted molar refractivity (Wildman–Crippen MR) is 116 cm³/mol. The van der Waals surface area contributed by atoms with Crippen LogP contribution in [0.4, 0.5) is 14.6 Å². The van der Waals surface area contributed by atoms with E-state index in [-0.39, 0.29) is 11.5 Å². The highest BCUT2D eigenvalue weighted by Crippen LogP contribution is 2.38. The number of nitrogens with one attached hydrogen (secondary N) is 2. The number of hydrogen-bond donors (Lipinski definition) is 2. The summed E-state index contributed by atoms with van der Waals surface area (Å²) in [6.45, 7) is 2.77. The summed E-state index contributed by atoms with van der Waals surface area (Å²) in [5.41, 5.74) is 1.50. The van der Waals surface area contributed by atoms with Gasteiger partial charge >= 0.3 is 0 Å². The minimum atomic E-state index is -2.86. The Morgan fingerprint density at radius 2 is 1.83 bits per heavy atom. The Balaban J connectivity index is 1.40. The number of hydrogen-bond acceptors (Lipinski definition) is 3. The van der Waals surface area contributed by atoms with Gasteiger partial charge in [0, 0.05) is 11.9 Å². The number of alkyl halides is 2. The van der Waals surface area contributed by atoms with Gasteiger partial charge < -0.3 is 5.32 Å². The Labute approximate surface area is 173 Å². The van der Waals surface area contributed by atoms with Crippen molar-refractivity contribution in [1.82, 2.24) is 10.2 Å². The molecule has 4 rings (SSSR count). The van der Waals surface area contributed by atoms with E-state index >= 15 is 0 Å². The molecule has 30 heavy (non-hydrogen) atoms. The molecule has 1 heterocycles. The SMILES string of the molecule is CC(CCNc1n[nH]c(=O)c2ccccc12)c1ccc(C2C=CC=CC2(F)F)cc1. The van der Waals surface area contributed by atoms with Gasteiger partial charge in [-0.25, -0.2) is 13.9 Å². The van der Waals surface area contributed by atoms with Crippen molar-refractivity contribution in [2.45, 2.75) is 31.1 Å². The average molecular weight is 407 g/mol. The Morgan fingerprint density at radius 1 is 1.10 bits per heavy atom. The van der Waals surface area contributed by atoms with Crippen LogP contribution < -0.4 is 10.9 Å². The van der Waals surface area contributed by atoms with Crippen molar-refractivity contribution in [1.29, 1.82) is 0 Å². The minimum Gasteiger partial charge on any atom is -0.368 e. The molecule has 0 aliphatic heterocycles. The second-order valence-corrected chi connectivity index (χ2v) is 7.63. The summed E-state index contributed by atoms with van der Waals surface area (Å²) >= 11 is 0. The lowest BCUT2D eigenvalue weighted by molar-refractivity contribution is 0.0380. The highest BCUT2D eigenvalue weighted by atomic mass is 19.3. The molecular formula is C24H23F2N3O. The molecule has 0 spiro atoms. The quantitative estimate of drug-likeness (QED) is 0.577. The fourth-order valence-electron chi connectivity index (χ4n) is 3.78. The highest BCUT2D eigenvalue weighted by Gasteiger charge is 2.37. The van der Waals surface area contributed by atoms with E-state index in [9.17, 15) is 13.6 Å². The van der Waals surface area contributed by atoms with E-state index < -0.39 is 11.8 Å². The van der Waals surface area contributed by atoms with Gasteiger partial charge in [0.05, 0.1) is 11.3 Å². The lowest BCUT2D eigenvalue weighted by atomic mass is 9.87. The number of anilines is 1. The smallest absolute Gasteiger partial charge is 0.276 e. The molecule has 1 aromatic heterocycles. The van der Waals surface area contributed by atoms with Gasteiger partial charge in [0.15, 0.2) is 5.82 Å². The second-order valence-electron chi connectivity index (χ2n) is 7.63. The third kappa shape index (κ3) is 4.03. The maximum absolute atomic E-state index is 14.1. The number of nitrogens with zero attached hydrogens (tertiary/aromatic N) is 1. The maximum Gasteiger partial charge on any atom is 0.276 e. The standard InChI is InChI=1S/C24H23F2N3O/c1-16(13-15-27-22-19-6-2-3-7-20(19)23(30)29-28-22)17-9-11-18(12-10-17)21-8-4-5-14-24(21,25)26/h2-12,14,16,21H,13,15H2,1H3,(H,27,28)(H,29,30). The van der Waals surface area contributed by atoms with Crippen molar-refractivity contribution in [3.05, 3.63) is 94.3 Å². The fourth-order valence-corrected chi connectivity index (χ4v) is 3.78. The first kappa shape index (κ1) is 20.0. The summed E-state index contributed by atoms with van der Waals surface area (Å²) in [6, 6.07) is 14.8. The van der Waals surface area contributed by atoms with Crippen molar-refractivity contribution in [2.24, 2.45) is 0 Å². The van der Waals surface area contributed by atoms with E-state index in [1.54, 1.807) is 30.4 Å². The first-order chi connectivity index (χ1) is 14.5. The zero-order chi connectivity index (χ0) is 21.1. The zero-order valence-electron chi connectivity index (χ0n) is 16.6. The highest BCUT2D eigenvalue weighted by molar-refractivity contribution is 5.90. The Hall–Kier alpha value is -3.28. The largest absolute Gasteiger partial charge is 0.368 e. The number of aromatic nitrogens is 2. The summed E-state index contributed by atoms with van der Waals surface area (Å²) in [5, 5.41) is 11.3. The van der Waals surface area contributed by atoms with E-state index in [1.807, 2.05) is 30.3 Å². The van der Waals surface area contributed by atoms with E-state index in [4.69, 9.17) is 0 Å². The molecule has 0 fully saturated rings. The average Bonchev–Trinajstić information content (AvgIpc) is 2.75. The Kier molecular flexibility index (Phi) is 5.48. The minimum absolute atomic E-state index is 0.210. The zero-order valence-corrected chi connectivity index (χ0v) is 16.6. The third-order valence-corrected chi connectivity index (χ3v) is 5.58. The van der Waals surface area contributed by atoms with Crippen LogP contribution in [0.1, 0.15) is 36.3 Å². The monoisotopic (exact) mass is 407 g/mol. The molecule has 2 N–H and O–H groups in total. The molecule has 0 amide bonds. The van der Waals surface area contributed by atoms with Crippen molar-refractivity contribution in [3.8, 4) is 0 Å². The van der Waals surface area contributed by atoms with Gasteiger partial charge in [-0.2, -0.15) is 5.10 Å². The van der Waals surface area contributed by atoms with Crippen LogP contribution in [0.2, 0.25) is 0 Å². The third-order valence-electron chi connectivity index (χ3n) is 5.58. The van der Waals surface area contributed by atoms with Crippen LogP contribution in [0.5, 0.6) is 0 Å². The molecule has 2 unspecified atom stereocenters. The molecule has 0 bridgehead atoms. The number of allylic oxidation sites excluding steroid dienone is 4. The normalized spacial score (nSPS) is 18.4. The van der Waals surface area contributed by atoms with Crippen LogP contribution in [0.15, 0.2) is 77.6 Å². The van der Waals surface area contributed by atoms with Crippen LogP contribution in [-0.2, 0) is 0 Å². The lowest BCUT2D eigenvalue weighted by Crippen LogP contribution is -2.23. The van der Waals surface area contributed by atoms with Crippen molar-refractivity contribution in [2.75, 3.05) is 11.9 Å². The maximum atomic E-state index is 14.1. The number of H-pyrrole nitrogens is 1. The van der Waals surface area contributed by atoms with Crippen LogP contribution >= 0.6 is 0 Å². The van der Waals surface area contributed by atoms with E-state index in [0.29, 0.717) is 23.3 Å². The van der Waals surface area contributed by atoms with Crippen LogP contribution in [0.25, 0.3) is 10.8 Å². The van der Waals surface area contributed by atoms with Gasteiger partial charge in [0.2, 0.25) is 0 Å². The summed E-state index contributed by atoms with van der Waals surface area (Å²) in [7, 11) is 0. The molecule has 3 aromatic rings. The fraction of sp³-hybridized carbons (Fsp3) is 0.250. The predicted octanol–water partition coefficient (Wildman–Crippen LogP) is 5.37. The molecule has 0 saturated heterocycles. The molecule has 1 aliphatic rings. The molecule has 4 nitrogen and oxygen atoms in total. The van der Waals surface area contributed by atoms with E-state index in [0.717, 1.165) is 23.4 Å². The van der Waals surface area contributed by atoms with Gasteiger partial charge in [0.1, 0.15) is 0 Å². The van der Waals surface area contributed by atoms with Crippen LogP contribution in [0, 0.1) is 0 Å². The molecule has 0 radical (unpaired) electrons. The van der Waals surface area contributed by atoms with E-state index in [1.165, 1.54) is 6.08 Å². The van der Waals surface area contributed by atoms with Crippen molar-refractivity contribution >= 4 is 16.6 Å². The van der Waals surface area contributed by atoms with Gasteiger partial charge in [-0.15, -0.1) is 0 Å². The number of benzene rings is 2. The van der Waals surface area contributed by atoms with Crippen LogP contribution in [-0.4, -0.2) is 22.7 Å². The number of fused-ring (bicyclic) bond motifs is 1. The first-order valence-electron chi connectivity index (χ1n) is 10.0. The summed E-state index contributed by atoms with van der Waals surface area (Å²) in [5.74, 6) is -2.90. The lowest BCUT2D eigenvalue weighted by Gasteiger charge is -2.24. The summed E-state index contributed by atoms with van der Waals surface area (Å²) in [6.07, 6.45) is 6.38. The summed E-state index contributed by atoms with van der Waals surface area (Å²) in [4.78, 5) is 11.9. The van der Waals surface area contributed by atoms with Gasteiger partial charge in [-0.3, -0.25) is 4.79 Å². The van der Waals surface area contributed by atoms with Crippen molar-refractivity contribution < 1.29 is 8.78 Å². The molecule has 2 atom stereocenters. The first-order valence-corrected chi connectivity index (χ1v) is 10.0. The van der Waals surface area contributed by atoms with E-state index in [2.05, 4.69) is 22.4 Å². The van der Waals surface area contributed by atoms with Gasteiger partial charge in [-0.05, 0) is 35.6 Å². The van der Waals surface area contributed by atoms with Crippen molar-refractivity contribution in [3.63, 3.8) is 0 Å². The van der Waals surface area contributed by atoms with Crippen LogP contribution in [0.3, 0.4) is 0 Å². The molecular weight excluding hydrogens is 384 g/mol. The molecule has 2 aromatic carbocycles. The Bertz CT molecular complexity index is 1150. The number of halogens is 2. The topological polar surface area (TPSA) is 57.8 Å². The molecule has 0 saturated carbocycles. The molecule has 6 heteroatoms. The number of rotatable bonds is 6. The Morgan fingerprint density at radius 3 is 2.57 bits per heavy atom. The molecule has 154 valence electrons. The van der Waals surface area contributed by atoms with Gasteiger partial charge in [-0.1, -0.05) is 67.6 Å². The summed E-state index contributed by atoms with van der Waals surface area (Å²) < 4.78 is 28.2. The van der Waals surface area contributed by atoms with Gasteiger partial charge in [0.25, 0.3) is 11.5 Å². The molecule has 1 aliphatic carbocycles.